The van der Waals surface area contributed by atoms with E-state index < -0.39 is 16.1 Å². The maximum absolute atomic E-state index is 13.0. The third-order valence-corrected chi connectivity index (χ3v) is 5.70. The molecule has 0 fully saturated rings. The van der Waals surface area contributed by atoms with Gasteiger partial charge in [0.1, 0.15) is 17.0 Å². The van der Waals surface area contributed by atoms with Crippen molar-refractivity contribution in [1.29, 1.82) is 0 Å². The van der Waals surface area contributed by atoms with Crippen LogP contribution in [0.25, 0.3) is 0 Å². The highest BCUT2D eigenvalue weighted by Gasteiger charge is 2.29. The number of aromatic nitrogens is 5. The molecular weight excluding hydrogens is 328 g/mol. The van der Waals surface area contributed by atoms with Crippen molar-refractivity contribution in [3.8, 4) is 0 Å². The highest BCUT2D eigenvalue weighted by molar-refractivity contribution is 7.89. The number of nitrogens with zero attached hydrogens (tertiary/aromatic N) is 5. The molecule has 2 aromatic heterocycles. The summed E-state index contributed by atoms with van der Waals surface area (Å²) >= 11 is 0. The predicted octanol–water partition coefficient (Wildman–Crippen LogP) is 2.12. The first kappa shape index (κ1) is 18.6. The van der Waals surface area contributed by atoms with Gasteiger partial charge in [0.15, 0.2) is 0 Å². The molecule has 0 aliphatic rings. The van der Waals surface area contributed by atoms with Gasteiger partial charge in [-0.05, 0) is 41.0 Å². The van der Waals surface area contributed by atoms with Crippen LogP contribution >= 0.6 is 0 Å². The quantitative estimate of drug-likeness (QED) is 0.822. The maximum Gasteiger partial charge on any atom is 0.244 e. The van der Waals surface area contributed by atoms with E-state index in [4.69, 9.17) is 0 Å². The summed E-state index contributed by atoms with van der Waals surface area (Å²) in [5, 5.41) is 8.49. The van der Waals surface area contributed by atoms with E-state index >= 15 is 0 Å². The van der Waals surface area contributed by atoms with E-state index in [2.05, 4.69) is 19.9 Å². The molecule has 9 heteroatoms. The molecule has 0 saturated heterocycles. The van der Waals surface area contributed by atoms with Gasteiger partial charge in [0.2, 0.25) is 10.0 Å². The number of hydrogen-bond donors (Lipinski definition) is 1. The number of hydrogen-bond acceptors (Lipinski definition) is 5. The Bertz CT molecular complexity index is 806. The minimum absolute atomic E-state index is 0.0952. The summed E-state index contributed by atoms with van der Waals surface area (Å²) in [6, 6.07) is -0.337. The van der Waals surface area contributed by atoms with E-state index in [1.54, 1.807) is 23.2 Å². The topological polar surface area (TPSA) is 94.7 Å². The van der Waals surface area contributed by atoms with Crippen LogP contribution in [0.15, 0.2) is 11.2 Å². The second-order valence-corrected chi connectivity index (χ2v) is 7.71. The first-order valence-corrected chi connectivity index (χ1v) is 9.66. The standard InChI is InChI=1S/C15H26N6O2S/c1-7-13(15-16-9-17-20(15)8-2)19-24(22,23)14-11(5)18-21(10(3)4)12(14)6/h9-10,13,19H,7-8H2,1-6H3. The van der Waals surface area contributed by atoms with E-state index in [-0.39, 0.29) is 10.9 Å². The van der Waals surface area contributed by atoms with E-state index in [1.807, 2.05) is 27.7 Å². The Morgan fingerprint density at radius 2 is 1.92 bits per heavy atom. The Morgan fingerprint density at radius 1 is 1.25 bits per heavy atom. The fourth-order valence-corrected chi connectivity index (χ4v) is 4.57. The van der Waals surface area contributed by atoms with Crippen LogP contribution in [-0.4, -0.2) is 33.0 Å². The summed E-state index contributed by atoms with van der Waals surface area (Å²) in [7, 11) is -3.71. The van der Waals surface area contributed by atoms with Crippen LogP contribution in [-0.2, 0) is 16.6 Å². The summed E-state index contributed by atoms with van der Waals surface area (Å²) in [5.41, 5.74) is 1.14. The van der Waals surface area contributed by atoms with Gasteiger partial charge in [0.05, 0.1) is 17.4 Å². The van der Waals surface area contributed by atoms with Gasteiger partial charge in [-0.1, -0.05) is 6.92 Å². The molecule has 2 rings (SSSR count). The van der Waals surface area contributed by atoms with Gasteiger partial charge in [-0.3, -0.25) is 4.68 Å². The Balaban J connectivity index is 2.41. The lowest BCUT2D eigenvalue weighted by atomic mass is 10.2. The fourth-order valence-electron chi connectivity index (χ4n) is 2.89. The molecule has 2 heterocycles. The van der Waals surface area contributed by atoms with Crippen molar-refractivity contribution < 1.29 is 8.42 Å². The second-order valence-electron chi connectivity index (χ2n) is 6.05. The zero-order valence-electron chi connectivity index (χ0n) is 15.1. The Morgan fingerprint density at radius 3 is 2.42 bits per heavy atom. The van der Waals surface area contributed by atoms with Crippen LogP contribution < -0.4 is 4.72 Å². The predicted molar refractivity (Wildman–Crippen MR) is 91.1 cm³/mol. The fraction of sp³-hybridized carbons (Fsp3) is 0.667. The van der Waals surface area contributed by atoms with Crippen molar-refractivity contribution in [3.05, 3.63) is 23.5 Å². The Kier molecular flexibility index (Phi) is 5.44. The SMILES string of the molecule is CCC(NS(=O)(=O)c1c(C)nn(C(C)C)c1C)c1ncnn1CC. The van der Waals surface area contributed by atoms with Gasteiger partial charge >= 0.3 is 0 Å². The normalized spacial score (nSPS) is 13.6. The van der Waals surface area contributed by atoms with Crippen LogP contribution in [0.5, 0.6) is 0 Å². The van der Waals surface area contributed by atoms with Gasteiger partial charge in [0.25, 0.3) is 0 Å². The average Bonchev–Trinajstić information content (AvgIpc) is 3.09. The molecule has 0 bridgehead atoms. The molecule has 0 aromatic carbocycles. The van der Waals surface area contributed by atoms with Crippen molar-refractivity contribution >= 4 is 10.0 Å². The molecule has 1 N–H and O–H groups in total. The lowest BCUT2D eigenvalue weighted by Gasteiger charge is -2.17. The van der Waals surface area contributed by atoms with Gasteiger partial charge in [0, 0.05) is 12.6 Å². The highest BCUT2D eigenvalue weighted by atomic mass is 32.2. The third-order valence-electron chi connectivity index (χ3n) is 3.98. The molecule has 0 spiro atoms. The lowest BCUT2D eigenvalue weighted by molar-refractivity contribution is 0.500. The Hall–Kier alpha value is -1.74. The molecule has 2 aromatic rings. The summed E-state index contributed by atoms with van der Waals surface area (Å²) in [6.45, 7) is 11.9. The van der Waals surface area contributed by atoms with E-state index in [0.717, 1.165) is 0 Å². The first-order valence-electron chi connectivity index (χ1n) is 8.18. The molecular formula is C15H26N6O2S. The monoisotopic (exact) mass is 354 g/mol. The van der Waals surface area contributed by atoms with E-state index in [9.17, 15) is 8.42 Å². The van der Waals surface area contributed by atoms with Crippen molar-refractivity contribution in [3.63, 3.8) is 0 Å². The minimum Gasteiger partial charge on any atom is -0.266 e. The largest absolute Gasteiger partial charge is 0.266 e. The number of nitrogens with one attached hydrogen (secondary N) is 1. The van der Waals surface area contributed by atoms with Crippen LogP contribution in [0, 0.1) is 13.8 Å². The minimum atomic E-state index is -3.71. The van der Waals surface area contributed by atoms with E-state index in [1.165, 1.54) is 6.33 Å². The summed E-state index contributed by atoms with van der Waals surface area (Å²) in [5.74, 6) is 0.620. The summed E-state index contributed by atoms with van der Waals surface area (Å²) < 4.78 is 32.1. The average molecular weight is 354 g/mol. The summed E-state index contributed by atoms with van der Waals surface area (Å²) in [6.07, 6.45) is 2.03. The second kappa shape index (κ2) is 7.02. The molecule has 0 radical (unpaired) electrons. The Labute approximate surface area is 143 Å². The molecule has 0 aliphatic carbocycles. The smallest absolute Gasteiger partial charge is 0.244 e. The molecule has 1 unspecified atom stereocenters. The van der Waals surface area contributed by atoms with E-state index in [0.29, 0.717) is 30.2 Å². The molecule has 0 saturated carbocycles. The van der Waals surface area contributed by atoms with Crippen molar-refractivity contribution in [2.24, 2.45) is 0 Å². The van der Waals surface area contributed by atoms with Crippen molar-refractivity contribution in [2.75, 3.05) is 0 Å². The molecule has 134 valence electrons. The van der Waals surface area contributed by atoms with Crippen LogP contribution in [0.1, 0.15) is 63.4 Å². The third kappa shape index (κ3) is 3.36. The van der Waals surface area contributed by atoms with Gasteiger partial charge in [-0.15, -0.1) is 0 Å². The van der Waals surface area contributed by atoms with Crippen LogP contribution in [0.4, 0.5) is 0 Å². The van der Waals surface area contributed by atoms with Crippen molar-refractivity contribution in [2.45, 2.75) is 71.5 Å². The number of rotatable bonds is 7. The highest BCUT2D eigenvalue weighted by Crippen LogP contribution is 2.25. The van der Waals surface area contributed by atoms with Gasteiger partial charge < -0.3 is 0 Å². The maximum atomic E-state index is 13.0. The van der Waals surface area contributed by atoms with Gasteiger partial charge in [-0.2, -0.15) is 10.2 Å². The van der Waals surface area contributed by atoms with Crippen LogP contribution in [0.2, 0.25) is 0 Å². The summed E-state index contributed by atoms with van der Waals surface area (Å²) in [4.78, 5) is 4.47. The van der Waals surface area contributed by atoms with Crippen LogP contribution in [0.3, 0.4) is 0 Å². The molecule has 24 heavy (non-hydrogen) atoms. The molecule has 0 aliphatic heterocycles. The number of aryl methyl sites for hydroxylation is 2. The molecule has 1 atom stereocenters. The number of sulfonamides is 1. The molecule has 0 amide bonds. The van der Waals surface area contributed by atoms with Crippen molar-refractivity contribution in [1.82, 2.24) is 29.3 Å². The van der Waals surface area contributed by atoms with Gasteiger partial charge in [-0.25, -0.2) is 22.8 Å². The first-order chi connectivity index (χ1) is 11.2. The zero-order chi connectivity index (χ0) is 18.1. The zero-order valence-corrected chi connectivity index (χ0v) is 15.9. The lowest BCUT2D eigenvalue weighted by Crippen LogP contribution is -2.31. The molecule has 8 nitrogen and oxygen atoms in total.